The molecular formula is C15H17ClN2S. The summed E-state index contributed by atoms with van der Waals surface area (Å²) in [5.74, 6) is 0.472. The minimum atomic E-state index is 0.472. The van der Waals surface area contributed by atoms with Gasteiger partial charge in [0.05, 0.1) is 11.2 Å². The monoisotopic (exact) mass is 292 g/mol. The molecule has 1 aromatic carbocycles. The molecule has 0 amide bonds. The Morgan fingerprint density at radius 2 is 2.11 bits per heavy atom. The Morgan fingerprint density at radius 1 is 1.32 bits per heavy atom. The molecule has 3 rings (SSSR count). The first-order valence-electron chi connectivity index (χ1n) is 6.67. The van der Waals surface area contributed by atoms with Gasteiger partial charge in [0.15, 0.2) is 0 Å². The zero-order valence-corrected chi connectivity index (χ0v) is 12.3. The summed E-state index contributed by atoms with van der Waals surface area (Å²) in [7, 11) is 0. The summed E-state index contributed by atoms with van der Waals surface area (Å²) in [5, 5.41) is 6.56. The lowest BCUT2D eigenvalue weighted by molar-refractivity contribution is 0.573. The quantitative estimate of drug-likeness (QED) is 0.874. The lowest BCUT2D eigenvalue weighted by atomic mass is 9.94. The van der Waals surface area contributed by atoms with Gasteiger partial charge >= 0.3 is 0 Å². The van der Waals surface area contributed by atoms with Crippen LogP contribution in [0.2, 0.25) is 5.02 Å². The summed E-state index contributed by atoms with van der Waals surface area (Å²) in [5.41, 5.74) is 4.43. The van der Waals surface area contributed by atoms with Crippen LogP contribution in [0, 0.1) is 0 Å². The van der Waals surface area contributed by atoms with Crippen LogP contribution >= 0.6 is 22.9 Å². The van der Waals surface area contributed by atoms with Gasteiger partial charge in [-0.3, -0.25) is 0 Å². The number of halogens is 1. The minimum absolute atomic E-state index is 0.472. The van der Waals surface area contributed by atoms with Crippen LogP contribution < -0.4 is 5.32 Å². The molecule has 2 aromatic rings. The third-order valence-corrected chi connectivity index (χ3v) is 4.40. The first-order chi connectivity index (χ1) is 9.31. The predicted molar refractivity (Wildman–Crippen MR) is 81.0 cm³/mol. The molecule has 2 nitrogen and oxygen atoms in total. The lowest BCUT2D eigenvalue weighted by Crippen LogP contribution is -2.24. The van der Waals surface area contributed by atoms with Crippen molar-refractivity contribution in [2.75, 3.05) is 6.54 Å². The molecular weight excluding hydrogens is 276 g/mol. The van der Waals surface area contributed by atoms with Crippen LogP contribution in [0.5, 0.6) is 0 Å². The summed E-state index contributed by atoms with van der Waals surface area (Å²) >= 11 is 7.63. The molecule has 0 bridgehead atoms. The summed E-state index contributed by atoms with van der Waals surface area (Å²) in [6, 6.07) is 8.96. The van der Waals surface area contributed by atoms with Crippen molar-refractivity contribution in [2.24, 2.45) is 0 Å². The third kappa shape index (κ3) is 3.78. The van der Waals surface area contributed by atoms with E-state index in [-0.39, 0.29) is 0 Å². The molecule has 19 heavy (non-hydrogen) atoms. The molecule has 1 fully saturated rings. The van der Waals surface area contributed by atoms with Crippen molar-refractivity contribution in [1.29, 1.82) is 0 Å². The maximum absolute atomic E-state index is 5.97. The molecule has 0 radical (unpaired) electrons. The number of hydrogen-bond acceptors (Lipinski definition) is 3. The summed E-state index contributed by atoms with van der Waals surface area (Å²) in [4.78, 5) is 4.41. The fourth-order valence-electron chi connectivity index (χ4n) is 2.23. The molecule has 1 aromatic heterocycles. The van der Waals surface area contributed by atoms with Gasteiger partial charge in [-0.15, -0.1) is 11.3 Å². The Kier molecular flexibility index (Phi) is 4.16. The third-order valence-electron chi connectivity index (χ3n) is 3.51. The Hall–Kier alpha value is -0.900. The molecule has 4 heteroatoms. The fraction of sp³-hybridized carbons (Fsp3) is 0.400. The van der Waals surface area contributed by atoms with Crippen molar-refractivity contribution in [1.82, 2.24) is 10.3 Å². The summed E-state index contributed by atoms with van der Waals surface area (Å²) < 4.78 is 0. The zero-order chi connectivity index (χ0) is 13.1. The van der Waals surface area contributed by atoms with Gasteiger partial charge in [0.2, 0.25) is 0 Å². The molecule has 1 aliphatic rings. The maximum atomic E-state index is 5.97. The minimum Gasteiger partial charge on any atom is -0.313 e. The summed E-state index contributed by atoms with van der Waals surface area (Å²) in [6.07, 6.45) is 3.64. The number of rotatable bonds is 6. The molecule has 1 heterocycles. The van der Waals surface area contributed by atoms with Gasteiger partial charge in [-0.25, -0.2) is 4.98 Å². The second-order valence-electron chi connectivity index (χ2n) is 5.11. The zero-order valence-electron chi connectivity index (χ0n) is 10.7. The van der Waals surface area contributed by atoms with E-state index in [1.165, 1.54) is 24.1 Å². The SMILES string of the molecule is Clc1ccc(C(CNC2CC2)Cc2cscn2)cc1. The van der Waals surface area contributed by atoms with E-state index < -0.39 is 0 Å². The van der Waals surface area contributed by atoms with Crippen LogP contribution in [-0.2, 0) is 6.42 Å². The molecule has 1 atom stereocenters. The first-order valence-corrected chi connectivity index (χ1v) is 7.99. The van der Waals surface area contributed by atoms with Crippen LogP contribution in [0.3, 0.4) is 0 Å². The van der Waals surface area contributed by atoms with Gasteiger partial charge in [0, 0.05) is 28.9 Å². The van der Waals surface area contributed by atoms with Crippen molar-refractivity contribution >= 4 is 22.9 Å². The van der Waals surface area contributed by atoms with Gasteiger partial charge in [0.25, 0.3) is 0 Å². The number of hydrogen-bond donors (Lipinski definition) is 1. The standard InChI is InChI=1S/C15H17ClN2S/c16-13-3-1-11(2-4-13)12(8-17-14-5-6-14)7-15-9-19-10-18-15/h1-4,9-10,12,14,17H,5-8H2. The van der Waals surface area contributed by atoms with E-state index >= 15 is 0 Å². The molecule has 1 N–H and O–H groups in total. The Bertz CT molecular complexity index is 505. The van der Waals surface area contributed by atoms with E-state index in [1.54, 1.807) is 11.3 Å². The molecule has 1 unspecified atom stereocenters. The van der Waals surface area contributed by atoms with E-state index in [0.29, 0.717) is 5.92 Å². The lowest BCUT2D eigenvalue weighted by Gasteiger charge is -2.17. The van der Waals surface area contributed by atoms with Gasteiger partial charge in [-0.2, -0.15) is 0 Å². The average Bonchev–Trinajstić information content (AvgIpc) is 3.11. The number of thiazole rings is 1. The highest BCUT2D eigenvalue weighted by atomic mass is 35.5. The van der Waals surface area contributed by atoms with Crippen molar-refractivity contribution in [3.8, 4) is 0 Å². The Morgan fingerprint density at radius 3 is 2.74 bits per heavy atom. The highest BCUT2D eigenvalue weighted by Crippen LogP contribution is 2.25. The Labute approximate surface area is 122 Å². The topological polar surface area (TPSA) is 24.9 Å². The number of aromatic nitrogens is 1. The van der Waals surface area contributed by atoms with E-state index in [4.69, 9.17) is 11.6 Å². The molecule has 1 aliphatic carbocycles. The van der Waals surface area contributed by atoms with Gasteiger partial charge in [-0.1, -0.05) is 23.7 Å². The second kappa shape index (κ2) is 6.04. The largest absolute Gasteiger partial charge is 0.313 e. The van der Waals surface area contributed by atoms with E-state index in [2.05, 4.69) is 27.8 Å². The molecule has 100 valence electrons. The van der Waals surface area contributed by atoms with Crippen LogP contribution in [0.1, 0.15) is 30.0 Å². The highest BCUT2D eigenvalue weighted by Gasteiger charge is 2.22. The van der Waals surface area contributed by atoms with Gasteiger partial charge in [0.1, 0.15) is 0 Å². The van der Waals surface area contributed by atoms with Crippen molar-refractivity contribution in [2.45, 2.75) is 31.2 Å². The molecule has 0 spiro atoms. The van der Waals surface area contributed by atoms with E-state index in [9.17, 15) is 0 Å². The summed E-state index contributed by atoms with van der Waals surface area (Å²) in [6.45, 7) is 1.02. The maximum Gasteiger partial charge on any atom is 0.0794 e. The van der Waals surface area contributed by atoms with Crippen LogP contribution in [0.15, 0.2) is 35.2 Å². The predicted octanol–water partition coefficient (Wildman–Crippen LogP) is 3.87. The normalized spacial score (nSPS) is 16.5. The van der Waals surface area contributed by atoms with Gasteiger partial charge in [-0.05, 0) is 37.0 Å². The highest BCUT2D eigenvalue weighted by molar-refractivity contribution is 7.07. The van der Waals surface area contributed by atoms with E-state index in [0.717, 1.165) is 24.0 Å². The van der Waals surface area contributed by atoms with Crippen LogP contribution in [0.4, 0.5) is 0 Å². The first kappa shape index (κ1) is 13.1. The van der Waals surface area contributed by atoms with Crippen LogP contribution in [0.25, 0.3) is 0 Å². The number of nitrogens with zero attached hydrogens (tertiary/aromatic N) is 1. The smallest absolute Gasteiger partial charge is 0.0794 e. The Balaban J connectivity index is 1.71. The van der Waals surface area contributed by atoms with Crippen molar-refractivity contribution in [3.05, 3.63) is 51.4 Å². The molecule has 1 saturated carbocycles. The van der Waals surface area contributed by atoms with Gasteiger partial charge < -0.3 is 5.32 Å². The second-order valence-corrected chi connectivity index (χ2v) is 6.27. The fourth-order valence-corrected chi connectivity index (χ4v) is 2.93. The van der Waals surface area contributed by atoms with Crippen molar-refractivity contribution in [3.63, 3.8) is 0 Å². The van der Waals surface area contributed by atoms with E-state index in [1.807, 2.05) is 17.6 Å². The van der Waals surface area contributed by atoms with Crippen molar-refractivity contribution < 1.29 is 0 Å². The number of nitrogens with one attached hydrogen (secondary N) is 1. The number of benzene rings is 1. The average molecular weight is 293 g/mol. The van der Waals surface area contributed by atoms with Crippen LogP contribution in [-0.4, -0.2) is 17.6 Å². The molecule has 0 aliphatic heterocycles. The molecule has 0 saturated heterocycles.